The number of carbonyl (C=O) groups is 1. The van der Waals surface area contributed by atoms with E-state index in [2.05, 4.69) is 29.6 Å². The highest BCUT2D eigenvalue weighted by molar-refractivity contribution is 7.91. The highest BCUT2D eigenvalue weighted by Gasteiger charge is 2.33. The Bertz CT molecular complexity index is 1130. The van der Waals surface area contributed by atoms with Crippen LogP contribution < -0.4 is 5.32 Å². The van der Waals surface area contributed by atoms with Crippen molar-refractivity contribution in [1.29, 1.82) is 0 Å². The van der Waals surface area contributed by atoms with Crippen LogP contribution in [0.3, 0.4) is 0 Å². The van der Waals surface area contributed by atoms with Crippen molar-refractivity contribution in [2.24, 2.45) is 0 Å². The molecule has 0 radical (unpaired) electrons. The molecule has 2 heterocycles. The number of carbonyl (C=O) groups excluding carboxylic acids is 1. The average Bonchev–Trinajstić information content (AvgIpc) is 3.36. The van der Waals surface area contributed by atoms with E-state index in [4.69, 9.17) is 4.42 Å². The number of rotatable bonds is 7. The fourth-order valence-corrected chi connectivity index (χ4v) is 5.77. The van der Waals surface area contributed by atoms with Crippen molar-refractivity contribution in [1.82, 2.24) is 10.2 Å². The molecule has 7 heteroatoms. The van der Waals surface area contributed by atoms with Gasteiger partial charge in [0.1, 0.15) is 5.76 Å². The molecule has 1 aliphatic rings. The number of furan rings is 1. The van der Waals surface area contributed by atoms with E-state index >= 15 is 0 Å². The molecule has 2 unspecified atom stereocenters. The summed E-state index contributed by atoms with van der Waals surface area (Å²) in [4.78, 5) is 14.7. The normalized spacial score (nSPS) is 19.2. The summed E-state index contributed by atoms with van der Waals surface area (Å²) in [7, 11) is -3.05. The number of nitrogens with one attached hydrogen (secondary N) is 1. The topological polar surface area (TPSA) is 79.6 Å². The van der Waals surface area contributed by atoms with E-state index in [0.717, 1.165) is 22.1 Å². The predicted molar refractivity (Wildman–Crippen MR) is 117 cm³/mol. The fraction of sp³-hybridized carbons (Fsp3) is 0.348. The lowest BCUT2D eigenvalue weighted by Gasteiger charge is -2.27. The third-order valence-electron chi connectivity index (χ3n) is 5.66. The summed E-state index contributed by atoms with van der Waals surface area (Å²) in [5.41, 5.74) is 1.03. The Morgan fingerprint density at radius 1 is 1.17 bits per heavy atom. The number of fused-ring (bicyclic) bond motifs is 1. The first-order valence-electron chi connectivity index (χ1n) is 10.1. The Balaban J connectivity index is 1.44. The smallest absolute Gasteiger partial charge is 0.234 e. The van der Waals surface area contributed by atoms with Gasteiger partial charge >= 0.3 is 0 Å². The number of sulfone groups is 1. The van der Waals surface area contributed by atoms with Gasteiger partial charge in [-0.2, -0.15) is 0 Å². The second-order valence-corrected chi connectivity index (χ2v) is 10.2. The maximum atomic E-state index is 12.8. The molecule has 158 valence electrons. The molecule has 1 aromatic heterocycles. The van der Waals surface area contributed by atoms with Gasteiger partial charge in [0.15, 0.2) is 9.84 Å². The van der Waals surface area contributed by atoms with Crippen LogP contribution in [0.4, 0.5) is 0 Å². The van der Waals surface area contributed by atoms with E-state index in [-0.39, 0.29) is 36.0 Å². The van der Waals surface area contributed by atoms with Crippen molar-refractivity contribution in [2.75, 3.05) is 18.1 Å². The summed E-state index contributed by atoms with van der Waals surface area (Å²) >= 11 is 0. The van der Waals surface area contributed by atoms with Crippen LogP contribution in [-0.4, -0.2) is 43.3 Å². The van der Waals surface area contributed by atoms with Crippen molar-refractivity contribution in [3.8, 4) is 0 Å². The summed E-state index contributed by atoms with van der Waals surface area (Å²) in [6, 6.07) is 17.6. The van der Waals surface area contributed by atoms with E-state index in [1.54, 1.807) is 12.3 Å². The average molecular weight is 427 g/mol. The van der Waals surface area contributed by atoms with Crippen LogP contribution in [0.5, 0.6) is 0 Å². The van der Waals surface area contributed by atoms with Gasteiger partial charge in [-0.25, -0.2) is 8.42 Å². The Morgan fingerprint density at radius 2 is 1.97 bits per heavy atom. The lowest BCUT2D eigenvalue weighted by molar-refractivity contribution is -0.123. The standard InChI is InChI=1S/C23H26N2O4S/c1-17(19-9-8-18-5-2-3-6-20(18)13-19)24-23(26)15-25(14-22-7-4-11-29-22)21-10-12-30(27,28)16-21/h2-9,11,13,17,21H,10,12,14-16H2,1H3,(H,24,26). The molecule has 1 fully saturated rings. The molecule has 3 aromatic rings. The molecular weight excluding hydrogens is 400 g/mol. The van der Waals surface area contributed by atoms with E-state index in [1.165, 1.54) is 0 Å². The van der Waals surface area contributed by atoms with E-state index in [1.807, 2.05) is 36.1 Å². The van der Waals surface area contributed by atoms with Gasteiger partial charge in [0.25, 0.3) is 0 Å². The Hall–Kier alpha value is -2.64. The van der Waals surface area contributed by atoms with Gasteiger partial charge in [0.2, 0.25) is 5.91 Å². The van der Waals surface area contributed by atoms with Crippen molar-refractivity contribution in [3.05, 3.63) is 72.2 Å². The molecule has 30 heavy (non-hydrogen) atoms. The monoisotopic (exact) mass is 426 g/mol. The van der Waals surface area contributed by atoms with Crippen LogP contribution in [0, 0.1) is 0 Å². The third-order valence-corrected chi connectivity index (χ3v) is 7.41. The largest absolute Gasteiger partial charge is 0.468 e. The van der Waals surface area contributed by atoms with Gasteiger partial charge in [-0.15, -0.1) is 0 Å². The molecular formula is C23H26N2O4S. The van der Waals surface area contributed by atoms with Crippen LogP contribution in [0.1, 0.15) is 30.7 Å². The molecule has 0 saturated carbocycles. The quantitative estimate of drug-likeness (QED) is 0.627. The molecule has 0 spiro atoms. The molecule has 4 rings (SSSR count). The lowest BCUT2D eigenvalue weighted by atomic mass is 10.0. The fourth-order valence-electron chi connectivity index (χ4n) is 4.01. The van der Waals surface area contributed by atoms with Gasteiger partial charge in [0, 0.05) is 6.04 Å². The zero-order chi connectivity index (χ0) is 21.1. The summed E-state index contributed by atoms with van der Waals surface area (Å²) in [5, 5.41) is 5.34. The maximum Gasteiger partial charge on any atom is 0.234 e. The van der Waals surface area contributed by atoms with Crippen molar-refractivity contribution >= 4 is 26.5 Å². The minimum Gasteiger partial charge on any atom is -0.468 e. The Morgan fingerprint density at radius 3 is 2.67 bits per heavy atom. The molecule has 2 aromatic carbocycles. The van der Waals surface area contributed by atoms with Crippen LogP contribution in [0.15, 0.2) is 65.3 Å². The summed E-state index contributed by atoms with van der Waals surface area (Å²) in [5.74, 6) is 0.837. The summed E-state index contributed by atoms with van der Waals surface area (Å²) in [6.07, 6.45) is 2.12. The van der Waals surface area contributed by atoms with Gasteiger partial charge in [-0.3, -0.25) is 9.69 Å². The van der Waals surface area contributed by atoms with Gasteiger partial charge in [-0.1, -0.05) is 36.4 Å². The first-order chi connectivity index (χ1) is 14.4. The molecule has 0 aliphatic carbocycles. The van der Waals surface area contributed by atoms with Crippen LogP contribution in [0.25, 0.3) is 10.8 Å². The third kappa shape index (κ3) is 4.91. The van der Waals surface area contributed by atoms with E-state index < -0.39 is 9.84 Å². The van der Waals surface area contributed by atoms with Gasteiger partial charge < -0.3 is 9.73 Å². The second-order valence-electron chi connectivity index (χ2n) is 7.94. The SMILES string of the molecule is CC(NC(=O)CN(Cc1ccco1)C1CCS(=O)(=O)C1)c1ccc2ccccc2c1. The van der Waals surface area contributed by atoms with Gasteiger partial charge in [-0.05, 0) is 47.9 Å². The minimum absolute atomic E-state index is 0.0845. The highest BCUT2D eigenvalue weighted by atomic mass is 32.2. The Labute approximate surface area is 176 Å². The number of hydrogen-bond donors (Lipinski definition) is 1. The first kappa shape index (κ1) is 20.6. The predicted octanol–water partition coefficient (Wildman–Crippen LogP) is 3.30. The molecule has 6 nitrogen and oxygen atoms in total. The van der Waals surface area contributed by atoms with Crippen molar-refractivity contribution in [2.45, 2.75) is 32.0 Å². The molecule has 1 aliphatic heterocycles. The van der Waals surface area contributed by atoms with Crippen LogP contribution >= 0.6 is 0 Å². The molecule has 2 atom stereocenters. The number of amides is 1. The minimum atomic E-state index is -3.05. The highest BCUT2D eigenvalue weighted by Crippen LogP contribution is 2.22. The number of nitrogens with zero attached hydrogens (tertiary/aromatic N) is 1. The van der Waals surface area contributed by atoms with Gasteiger partial charge in [0.05, 0.1) is 36.9 Å². The molecule has 1 amide bonds. The van der Waals surface area contributed by atoms with Crippen molar-refractivity contribution in [3.63, 3.8) is 0 Å². The summed E-state index contributed by atoms with van der Waals surface area (Å²) in [6.45, 7) is 2.49. The molecule has 1 saturated heterocycles. The molecule has 1 N–H and O–H groups in total. The Kier molecular flexibility index (Phi) is 5.92. The van der Waals surface area contributed by atoms with E-state index in [9.17, 15) is 13.2 Å². The van der Waals surface area contributed by atoms with Crippen molar-refractivity contribution < 1.29 is 17.6 Å². The lowest BCUT2D eigenvalue weighted by Crippen LogP contribution is -2.43. The van der Waals surface area contributed by atoms with Crippen LogP contribution in [-0.2, 0) is 21.2 Å². The zero-order valence-corrected chi connectivity index (χ0v) is 17.8. The second kappa shape index (κ2) is 8.62. The maximum absolute atomic E-state index is 12.8. The summed E-state index contributed by atoms with van der Waals surface area (Å²) < 4.78 is 29.3. The molecule has 0 bridgehead atoms. The zero-order valence-electron chi connectivity index (χ0n) is 17.0. The van der Waals surface area contributed by atoms with E-state index in [0.29, 0.717) is 13.0 Å². The number of benzene rings is 2. The van der Waals surface area contributed by atoms with Crippen LogP contribution in [0.2, 0.25) is 0 Å². The number of hydrogen-bond acceptors (Lipinski definition) is 5. The first-order valence-corrected chi connectivity index (χ1v) is 12.0.